The number of hydrogen-bond donors (Lipinski definition) is 0. The summed E-state index contributed by atoms with van der Waals surface area (Å²) in [4.78, 5) is 29.9. The molecule has 0 spiro atoms. The smallest absolute Gasteiger partial charge is 0.363 e. The molecule has 32 heavy (non-hydrogen) atoms. The molecule has 0 N–H and O–H groups in total. The van der Waals surface area contributed by atoms with Crippen molar-refractivity contribution in [3.63, 3.8) is 0 Å². The Labute approximate surface area is 191 Å². The average molecular weight is 459 g/mol. The van der Waals surface area contributed by atoms with Gasteiger partial charge in [-0.15, -0.1) is 0 Å². The van der Waals surface area contributed by atoms with Gasteiger partial charge in [-0.2, -0.15) is 0 Å². The van der Waals surface area contributed by atoms with E-state index >= 15 is 0 Å². The fraction of sp³-hybridized carbons (Fsp3) is 0.261. The van der Waals surface area contributed by atoms with Crippen molar-refractivity contribution < 1.29 is 28.5 Å². The van der Waals surface area contributed by atoms with Gasteiger partial charge in [0, 0.05) is 19.7 Å². The van der Waals surface area contributed by atoms with Gasteiger partial charge < -0.3 is 23.8 Å². The third kappa shape index (κ3) is 5.39. The van der Waals surface area contributed by atoms with Gasteiger partial charge in [-0.3, -0.25) is 4.79 Å². The molecule has 0 saturated carbocycles. The standard InChI is InChI=1S/C23H23ClN2O6/c1-5-30-19-11-14(9-17(24)21(19)31-13-20(27)26(2)3)10-18-23(28)32-22(25-18)15-7-6-8-16(12-15)29-4/h6-12H,5,13H2,1-4H3/b18-10-. The lowest BCUT2D eigenvalue weighted by molar-refractivity contribution is -0.131. The molecule has 0 aromatic heterocycles. The summed E-state index contributed by atoms with van der Waals surface area (Å²) >= 11 is 6.39. The van der Waals surface area contributed by atoms with Crippen molar-refractivity contribution in [2.75, 3.05) is 34.4 Å². The minimum atomic E-state index is -0.589. The molecule has 0 unspecified atom stereocenters. The second-order valence-electron chi connectivity index (χ2n) is 6.91. The SMILES string of the molecule is CCOc1cc(/C=C2\N=C(c3cccc(OC)c3)OC2=O)cc(Cl)c1OCC(=O)N(C)C. The maximum atomic E-state index is 12.4. The number of likely N-dealkylation sites (N-methyl/N-ethyl adjacent to an activating group) is 1. The van der Waals surface area contributed by atoms with Crippen molar-refractivity contribution in [3.05, 3.63) is 58.2 Å². The van der Waals surface area contributed by atoms with Crippen LogP contribution in [0.3, 0.4) is 0 Å². The predicted octanol–water partition coefficient (Wildman–Crippen LogP) is 3.56. The third-order valence-electron chi connectivity index (χ3n) is 4.41. The molecule has 168 valence electrons. The minimum Gasteiger partial charge on any atom is -0.497 e. The van der Waals surface area contributed by atoms with Gasteiger partial charge in [-0.1, -0.05) is 17.7 Å². The fourth-order valence-corrected chi connectivity index (χ4v) is 3.06. The quantitative estimate of drug-likeness (QED) is 0.444. The van der Waals surface area contributed by atoms with Crippen LogP contribution in [-0.4, -0.2) is 57.1 Å². The second-order valence-corrected chi connectivity index (χ2v) is 7.32. The van der Waals surface area contributed by atoms with Gasteiger partial charge in [-0.05, 0) is 48.9 Å². The maximum absolute atomic E-state index is 12.4. The molecule has 9 heteroatoms. The van der Waals surface area contributed by atoms with Gasteiger partial charge in [-0.25, -0.2) is 9.79 Å². The number of amides is 1. The van der Waals surface area contributed by atoms with Crippen LogP contribution in [0.4, 0.5) is 0 Å². The van der Waals surface area contributed by atoms with E-state index < -0.39 is 5.97 Å². The van der Waals surface area contributed by atoms with E-state index in [-0.39, 0.29) is 34.9 Å². The lowest BCUT2D eigenvalue weighted by atomic mass is 10.1. The summed E-state index contributed by atoms with van der Waals surface area (Å²) in [6.07, 6.45) is 1.54. The Balaban J connectivity index is 1.90. The number of nitrogens with zero attached hydrogens (tertiary/aromatic N) is 2. The first kappa shape index (κ1) is 23.1. The van der Waals surface area contributed by atoms with E-state index in [1.165, 1.54) is 4.90 Å². The van der Waals surface area contributed by atoms with Gasteiger partial charge in [0.25, 0.3) is 5.91 Å². The molecular formula is C23H23ClN2O6. The molecule has 1 aliphatic rings. The molecule has 0 aliphatic carbocycles. The zero-order chi connectivity index (χ0) is 23.3. The van der Waals surface area contributed by atoms with Crippen molar-refractivity contribution in [3.8, 4) is 17.2 Å². The summed E-state index contributed by atoms with van der Waals surface area (Å²) in [7, 11) is 4.82. The number of esters is 1. The molecule has 0 radical (unpaired) electrons. The van der Waals surface area contributed by atoms with Crippen LogP contribution in [0.5, 0.6) is 17.2 Å². The largest absolute Gasteiger partial charge is 0.497 e. The Morgan fingerprint density at radius 3 is 2.69 bits per heavy atom. The lowest BCUT2D eigenvalue weighted by Crippen LogP contribution is -2.27. The molecule has 8 nitrogen and oxygen atoms in total. The number of carbonyl (C=O) groups is 2. The summed E-state index contributed by atoms with van der Waals surface area (Å²) in [5.41, 5.74) is 1.29. The van der Waals surface area contributed by atoms with E-state index in [4.69, 9.17) is 30.5 Å². The van der Waals surface area contributed by atoms with Crippen molar-refractivity contribution in [2.24, 2.45) is 4.99 Å². The van der Waals surface area contributed by atoms with E-state index in [9.17, 15) is 9.59 Å². The Kier molecular flexibility index (Phi) is 7.37. The van der Waals surface area contributed by atoms with Gasteiger partial charge >= 0.3 is 5.97 Å². The normalized spacial score (nSPS) is 14.1. The number of hydrogen-bond acceptors (Lipinski definition) is 7. The Morgan fingerprint density at radius 1 is 1.22 bits per heavy atom. The monoisotopic (exact) mass is 458 g/mol. The molecule has 3 rings (SSSR count). The van der Waals surface area contributed by atoms with E-state index in [0.717, 1.165) is 0 Å². The first-order valence-electron chi connectivity index (χ1n) is 9.78. The summed E-state index contributed by atoms with van der Waals surface area (Å²) in [5.74, 6) is 0.590. The Morgan fingerprint density at radius 2 is 2.00 bits per heavy atom. The predicted molar refractivity (Wildman–Crippen MR) is 120 cm³/mol. The second kappa shape index (κ2) is 10.2. The molecule has 1 amide bonds. The van der Waals surface area contributed by atoms with E-state index in [1.54, 1.807) is 63.7 Å². The molecular weight excluding hydrogens is 436 g/mol. The number of methoxy groups -OCH3 is 1. The van der Waals surface area contributed by atoms with Crippen LogP contribution >= 0.6 is 11.6 Å². The number of benzene rings is 2. The number of cyclic esters (lactones) is 1. The molecule has 1 heterocycles. The van der Waals surface area contributed by atoms with Gasteiger partial charge in [0.15, 0.2) is 23.8 Å². The van der Waals surface area contributed by atoms with Crippen molar-refractivity contribution >= 4 is 35.5 Å². The van der Waals surface area contributed by atoms with Gasteiger partial charge in [0.2, 0.25) is 5.90 Å². The van der Waals surface area contributed by atoms with Crippen LogP contribution in [0, 0.1) is 0 Å². The Hall–Kier alpha value is -3.52. The highest BCUT2D eigenvalue weighted by Crippen LogP contribution is 2.37. The molecule has 2 aromatic rings. The van der Waals surface area contributed by atoms with Crippen LogP contribution in [0.2, 0.25) is 5.02 Å². The lowest BCUT2D eigenvalue weighted by Gasteiger charge is -2.16. The number of aliphatic imine (C=N–C) groups is 1. The number of rotatable bonds is 8. The van der Waals surface area contributed by atoms with Crippen molar-refractivity contribution in [1.82, 2.24) is 4.90 Å². The minimum absolute atomic E-state index is 0.109. The van der Waals surface area contributed by atoms with Crippen LogP contribution < -0.4 is 14.2 Å². The van der Waals surface area contributed by atoms with E-state index in [2.05, 4.69) is 4.99 Å². The maximum Gasteiger partial charge on any atom is 0.363 e. The molecule has 0 saturated heterocycles. The first-order chi connectivity index (χ1) is 15.3. The van der Waals surface area contributed by atoms with Crippen LogP contribution in [0.15, 0.2) is 47.1 Å². The van der Waals surface area contributed by atoms with Crippen LogP contribution in [-0.2, 0) is 14.3 Å². The zero-order valence-electron chi connectivity index (χ0n) is 18.2. The molecule has 0 fully saturated rings. The summed E-state index contributed by atoms with van der Waals surface area (Å²) in [6.45, 7) is 1.98. The fourth-order valence-electron chi connectivity index (χ4n) is 2.78. The summed E-state index contributed by atoms with van der Waals surface area (Å²) in [6, 6.07) is 10.3. The highest BCUT2D eigenvalue weighted by atomic mass is 35.5. The summed E-state index contributed by atoms with van der Waals surface area (Å²) in [5, 5.41) is 0.234. The topological polar surface area (TPSA) is 86.7 Å². The summed E-state index contributed by atoms with van der Waals surface area (Å²) < 4.78 is 21.7. The molecule has 2 aromatic carbocycles. The first-order valence-corrected chi connectivity index (χ1v) is 10.2. The molecule has 0 bridgehead atoms. The van der Waals surface area contributed by atoms with Crippen LogP contribution in [0.1, 0.15) is 18.1 Å². The van der Waals surface area contributed by atoms with E-state index in [1.807, 2.05) is 6.92 Å². The number of halogens is 1. The highest BCUT2D eigenvalue weighted by Gasteiger charge is 2.25. The van der Waals surface area contributed by atoms with Gasteiger partial charge in [0.05, 0.1) is 18.7 Å². The van der Waals surface area contributed by atoms with Crippen LogP contribution in [0.25, 0.3) is 6.08 Å². The molecule has 1 aliphatic heterocycles. The third-order valence-corrected chi connectivity index (χ3v) is 4.69. The Bertz CT molecular complexity index is 1090. The number of carbonyl (C=O) groups excluding carboxylic acids is 2. The average Bonchev–Trinajstić information content (AvgIpc) is 3.13. The number of ether oxygens (including phenoxy) is 4. The van der Waals surface area contributed by atoms with Gasteiger partial charge in [0.1, 0.15) is 5.75 Å². The zero-order valence-corrected chi connectivity index (χ0v) is 18.9. The highest BCUT2D eigenvalue weighted by molar-refractivity contribution is 6.32. The van der Waals surface area contributed by atoms with Crippen molar-refractivity contribution in [1.29, 1.82) is 0 Å². The van der Waals surface area contributed by atoms with Crippen molar-refractivity contribution in [2.45, 2.75) is 6.92 Å². The van der Waals surface area contributed by atoms with E-state index in [0.29, 0.717) is 29.2 Å². The molecule has 0 atom stereocenters.